The Bertz CT molecular complexity index is 153. The van der Waals surface area contributed by atoms with Gasteiger partial charge in [0.25, 0.3) is 0 Å². The molecule has 0 saturated heterocycles. The molecule has 0 radical (unpaired) electrons. The molecule has 0 unspecified atom stereocenters. The van der Waals surface area contributed by atoms with Crippen molar-refractivity contribution in [1.29, 1.82) is 0 Å². The molecule has 0 bridgehead atoms. The van der Waals surface area contributed by atoms with Gasteiger partial charge in [0.15, 0.2) is 11.6 Å². The summed E-state index contributed by atoms with van der Waals surface area (Å²) < 4.78 is 0. The SMILES string of the molecule is CC(C)=O.CCC(=O)C(=O)CC. The van der Waals surface area contributed by atoms with Gasteiger partial charge in [-0.3, -0.25) is 9.59 Å². The van der Waals surface area contributed by atoms with E-state index in [1.165, 1.54) is 13.8 Å². The first kappa shape index (κ1) is 13.6. The monoisotopic (exact) mass is 172 g/mol. The minimum Gasteiger partial charge on any atom is -0.300 e. The third-order valence-electron chi connectivity index (χ3n) is 0.953. The molecule has 0 N–H and O–H groups in total. The molecule has 0 aromatic heterocycles. The molecule has 0 aromatic carbocycles. The van der Waals surface area contributed by atoms with Gasteiger partial charge < -0.3 is 4.79 Å². The van der Waals surface area contributed by atoms with E-state index >= 15 is 0 Å². The van der Waals surface area contributed by atoms with Crippen LogP contribution in [0.2, 0.25) is 0 Å². The van der Waals surface area contributed by atoms with Gasteiger partial charge in [-0.2, -0.15) is 0 Å². The van der Waals surface area contributed by atoms with E-state index in [0.717, 1.165) is 0 Å². The van der Waals surface area contributed by atoms with Crippen LogP contribution in [0, 0.1) is 0 Å². The lowest BCUT2D eigenvalue weighted by atomic mass is 10.2. The first-order valence-electron chi connectivity index (χ1n) is 3.98. The van der Waals surface area contributed by atoms with Gasteiger partial charge in [-0.1, -0.05) is 13.8 Å². The zero-order valence-corrected chi connectivity index (χ0v) is 8.14. The van der Waals surface area contributed by atoms with Gasteiger partial charge in [-0.15, -0.1) is 0 Å². The van der Waals surface area contributed by atoms with Crippen LogP contribution in [0.1, 0.15) is 40.5 Å². The Morgan fingerprint density at radius 3 is 1.08 bits per heavy atom. The summed E-state index contributed by atoms with van der Waals surface area (Å²) in [5, 5.41) is 0. The van der Waals surface area contributed by atoms with Crippen LogP contribution < -0.4 is 0 Å². The molecule has 3 nitrogen and oxygen atoms in total. The molecule has 0 saturated carbocycles. The lowest BCUT2D eigenvalue weighted by Gasteiger charge is -1.87. The molecular weight excluding hydrogens is 156 g/mol. The standard InChI is InChI=1S/C6H10O2.C3H6O/c1-3-5(7)6(8)4-2;1-3(2)4/h3-4H2,1-2H3;1-2H3. The average Bonchev–Trinajstić information content (AvgIpc) is 2.00. The quantitative estimate of drug-likeness (QED) is 0.607. The molecule has 0 aliphatic carbocycles. The Morgan fingerprint density at radius 2 is 1.00 bits per heavy atom. The van der Waals surface area contributed by atoms with Crippen molar-refractivity contribution in [3.05, 3.63) is 0 Å². The number of hydrogen-bond acceptors (Lipinski definition) is 3. The lowest BCUT2D eigenvalue weighted by Crippen LogP contribution is -2.09. The van der Waals surface area contributed by atoms with Gasteiger partial charge in [0.1, 0.15) is 5.78 Å². The molecule has 0 atom stereocenters. The van der Waals surface area contributed by atoms with Crippen molar-refractivity contribution in [2.75, 3.05) is 0 Å². The fourth-order valence-electron chi connectivity index (χ4n) is 0.394. The maximum absolute atomic E-state index is 10.4. The van der Waals surface area contributed by atoms with E-state index in [0.29, 0.717) is 12.8 Å². The number of carbonyl (C=O) groups excluding carboxylic acids is 3. The van der Waals surface area contributed by atoms with Gasteiger partial charge in [-0.25, -0.2) is 0 Å². The molecule has 0 rings (SSSR count). The Balaban J connectivity index is 0. The number of ketones is 3. The van der Waals surface area contributed by atoms with E-state index in [1.807, 2.05) is 0 Å². The Morgan fingerprint density at radius 1 is 0.833 bits per heavy atom. The summed E-state index contributed by atoms with van der Waals surface area (Å²) in [6, 6.07) is 0. The summed E-state index contributed by atoms with van der Waals surface area (Å²) in [6.45, 7) is 6.44. The van der Waals surface area contributed by atoms with Gasteiger partial charge in [0.05, 0.1) is 0 Å². The van der Waals surface area contributed by atoms with E-state index in [2.05, 4.69) is 0 Å². The van der Waals surface area contributed by atoms with Gasteiger partial charge in [0, 0.05) is 12.8 Å². The second kappa shape index (κ2) is 8.11. The predicted molar refractivity (Wildman–Crippen MR) is 47.0 cm³/mol. The van der Waals surface area contributed by atoms with Crippen molar-refractivity contribution < 1.29 is 14.4 Å². The normalized spacial score (nSPS) is 8.00. The fourth-order valence-corrected chi connectivity index (χ4v) is 0.394. The molecule has 0 amide bonds. The minimum absolute atomic E-state index is 0.167. The van der Waals surface area contributed by atoms with Crippen LogP contribution >= 0.6 is 0 Å². The fraction of sp³-hybridized carbons (Fsp3) is 0.667. The number of Topliss-reactive ketones (excluding diaryl/α,β-unsaturated/α-hetero) is 3. The summed E-state index contributed by atoms with van der Waals surface area (Å²) in [5.41, 5.74) is 0. The van der Waals surface area contributed by atoms with E-state index < -0.39 is 0 Å². The molecule has 70 valence electrons. The summed E-state index contributed by atoms with van der Waals surface area (Å²) in [4.78, 5) is 30.2. The van der Waals surface area contributed by atoms with Crippen LogP contribution in [0.3, 0.4) is 0 Å². The van der Waals surface area contributed by atoms with Crippen LogP contribution in [0.15, 0.2) is 0 Å². The molecule has 0 aliphatic heterocycles. The molecule has 0 aromatic rings. The summed E-state index contributed by atoms with van der Waals surface area (Å²) in [5.74, 6) is -0.347. The highest BCUT2D eigenvalue weighted by atomic mass is 16.2. The summed E-state index contributed by atoms with van der Waals surface area (Å²) >= 11 is 0. The van der Waals surface area contributed by atoms with E-state index in [1.54, 1.807) is 13.8 Å². The zero-order chi connectivity index (χ0) is 10.1. The highest BCUT2D eigenvalue weighted by Gasteiger charge is 2.05. The molecule has 0 aliphatic rings. The highest BCUT2D eigenvalue weighted by molar-refractivity contribution is 6.36. The Hall–Kier alpha value is -0.990. The van der Waals surface area contributed by atoms with Gasteiger partial charge in [-0.05, 0) is 13.8 Å². The number of rotatable bonds is 3. The lowest BCUT2D eigenvalue weighted by molar-refractivity contribution is -0.136. The largest absolute Gasteiger partial charge is 0.300 e. The van der Waals surface area contributed by atoms with E-state index in [4.69, 9.17) is 0 Å². The number of hydrogen-bond donors (Lipinski definition) is 0. The van der Waals surface area contributed by atoms with Crippen LogP contribution in [-0.4, -0.2) is 17.3 Å². The maximum atomic E-state index is 10.4. The topological polar surface area (TPSA) is 51.2 Å². The average molecular weight is 172 g/mol. The molecule has 0 heterocycles. The highest BCUT2D eigenvalue weighted by Crippen LogP contribution is 1.86. The van der Waals surface area contributed by atoms with Crippen molar-refractivity contribution in [2.24, 2.45) is 0 Å². The molecule has 12 heavy (non-hydrogen) atoms. The van der Waals surface area contributed by atoms with Crippen LogP contribution in [0.4, 0.5) is 0 Å². The number of carbonyl (C=O) groups is 3. The van der Waals surface area contributed by atoms with Crippen LogP contribution in [0.5, 0.6) is 0 Å². The molecule has 0 fully saturated rings. The molecular formula is C9H16O3. The van der Waals surface area contributed by atoms with Crippen LogP contribution in [-0.2, 0) is 14.4 Å². The van der Waals surface area contributed by atoms with E-state index in [-0.39, 0.29) is 17.3 Å². The van der Waals surface area contributed by atoms with Crippen molar-refractivity contribution in [2.45, 2.75) is 40.5 Å². The summed E-state index contributed by atoms with van der Waals surface area (Å²) in [6.07, 6.45) is 0.680. The van der Waals surface area contributed by atoms with Crippen molar-refractivity contribution in [1.82, 2.24) is 0 Å². The third kappa shape index (κ3) is 11.8. The molecule has 3 heteroatoms. The second-order valence-electron chi connectivity index (χ2n) is 2.46. The summed E-state index contributed by atoms with van der Waals surface area (Å²) in [7, 11) is 0. The van der Waals surface area contributed by atoms with Crippen molar-refractivity contribution >= 4 is 17.3 Å². The van der Waals surface area contributed by atoms with Crippen molar-refractivity contribution in [3.8, 4) is 0 Å². The first-order chi connectivity index (χ1) is 5.45. The first-order valence-corrected chi connectivity index (χ1v) is 3.98. The third-order valence-corrected chi connectivity index (χ3v) is 0.953. The smallest absolute Gasteiger partial charge is 0.198 e. The Labute approximate surface area is 73.1 Å². The van der Waals surface area contributed by atoms with Gasteiger partial charge >= 0.3 is 0 Å². The van der Waals surface area contributed by atoms with Crippen molar-refractivity contribution in [3.63, 3.8) is 0 Å². The second-order valence-corrected chi connectivity index (χ2v) is 2.46. The Kier molecular flexibility index (Phi) is 9.18. The zero-order valence-electron chi connectivity index (χ0n) is 8.14. The van der Waals surface area contributed by atoms with Gasteiger partial charge in [0.2, 0.25) is 0 Å². The maximum Gasteiger partial charge on any atom is 0.198 e. The van der Waals surface area contributed by atoms with Crippen LogP contribution in [0.25, 0.3) is 0 Å². The minimum atomic E-state index is -0.257. The van der Waals surface area contributed by atoms with E-state index in [9.17, 15) is 14.4 Å². The predicted octanol–water partition coefficient (Wildman–Crippen LogP) is 1.54. The molecule has 0 spiro atoms.